The van der Waals surface area contributed by atoms with E-state index in [1.54, 1.807) is 12.1 Å². The molecule has 5 nitrogen and oxygen atoms in total. The highest BCUT2D eigenvalue weighted by molar-refractivity contribution is 9.10. The summed E-state index contributed by atoms with van der Waals surface area (Å²) >= 11 is 3.38. The molecule has 0 bridgehead atoms. The van der Waals surface area contributed by atoms with Crippen molar-refractivity contribution in [3.63, 3.8) is 0 Å². The summed E-state index contributed by atoms with van der Waals surface area (Å²) < 4.78 is 0.940. The van der Waals surface area contributed by atoms with Crippen LogP contribution in [0.25, 0.3) is 0 Å². The van der Waals surface area contributed by atoms with Crippen molar-refractivity contribution in [1.29, 1.82) is 0 Å². The number of amides is 2. The van der Waals surface area contributed by atoms with Gasteiger partial charge in [-0.1, -0.05) is 45.8 Å². The first-order valence-electron chi connectivity index (χ1n) is 10.7. The molecule has 6 heteroatoms. The zero-order valence-electron chi connectivity index (χ0n) is 18.1. The van der Waals surface area contributed by atoms with E-state index < -0.39 is 0 Å². The van der Waals surface area contributed by atoms with Crippen LogP contribution >= 0.6 is 15.9 Å². The average molecular weight is 492 g/mol. The minimum absolute atomic E-state index is 0.133. The highest BCUT2D eigenvalue weighted by atomic mass is 79.9. The predicted octanol–water partition coefficient (Wildman–Crippen LogP) is 4.90. The second-order valence-corrected chi connectivity index (χ2v) is 8.96. The first kappa shape index (κ1) is 22.1. The molecule has 3 aromatic rings. The van der Waals surface area contributed by atoms with Crippen LogP contribution in [0.15, 0.2) is 77.3 Å². The van der Waals surface area contributed by atoms with E-state index in [-0.39, 0.29) is 11.8 Å². The first-order chi connectivity index (χ1) is 15.5. The molecule has 1 heterocycles. The van der Waals surface area contributed by atoms with Crippen LogP contribution in [0.3, 0.4) is 0 Å². The number of hydrogen-bond acceptors (Lipinski definition) is 3. The minimum Gasteiger partial charge on any atom is -0.368 e. The molecule has 0 radical (unpaired) electrons. The van der Waals surface area contributed by atoms with Gasteiger partial charge in [-0.25, -0.2) is 0 Å². The van der Waals surface area contributed by atoms with Gasteiger partial charge in [0.2, 0.25) is 5.91 Å². The SMILES string of the molecule is Cc1cccc(CC(=O)N2CCN(c3ccc(NC(=O)c4ccc(Br)cc4)cc3)CC2)c1. The highest BCUT2D eigenvalue weighted by Crippen LogP contribution is 2.21. The molecule has 0 aliphatic carbocycles. The molecule has 1 saturated heterocycles. The van der Waals surface area contributed by atoms with Gasteiger partial charge in [0.05, 0.1) is 6.42 Å². The lowest BCUT2D eigenvalue weighted by Gasteiger charge is -2.36. The summed E-state index contributed by atoms with van der Waals surface area (Å²) in [5, 5.41) is 2.93. The number of nitrogens with one attached hydrogen (secondary N) is 1. The summed E-state index contributed by atoms with van der Waals surface area (Å²) in [6, 6.07) is 23.3. The number of nitrogens with zero attached hydrogens (tertiary/aromatic N) is 2. The largest absolute Gasteiger partial charge is 0.368 e. The van der Waals surface area contributed by atoms with Gasteiger partial charge in [-0.2, -0.15) is 0 Å². The Morgan fingerprint density at radius 2 is 1.59 bits per heavy atom. The van der Waals surface area contributed by atoms with Crippen molar-refractivity contribution >= 4 is 39.1 Å². The van der Waals surface area contributed by atoms with Crippen molar-refractivity contribution in [2.45, 2.75) is 13.3 Å². The third-order valence-corrected chi connectivity index (χ3v) is 6.20. The van der Waals surface area contributed by atoms with Gasteiger partial charge in [0, 0.05) is 47.6 Å². The number of piperazine rings is 1. The van der Waals surface area contributed by atoms with Crippen molar-refractivity contribution in [1.82, 2.24) is 4.90 Å². The zero-order valence-corrected chi connectivity index (χ0v) is 19.6. The molecule has 0 saturated carbocycles. The Morgan fingerprint density at radius 3 is 2.25 bits per heavy atom. The van der Waals surface area contributed by atoms with Crippen LogP contribution in [0.2, 0.25) is 0 Å². The minimum atomic E-state index is -0.133. The molecule has 1 N–H and O–H groups in total. The fourth-order valence-electron chi connectivity index (χ4n) is 3.88. The van der Waals surface area contributed by atoms with Crippen LogP contribution in [-0.2, 0) is 11.2 Å². The van der Waals surface area contributed by atoms with Crippen molar-refractivity contribution < 1.29 is 9.59 Å². The van der Waals surface area contributed by atoms with Crippen molar-refractivity contribution in [3.8, 4) is 0 Å². The average Bonchev–Trinajstić information content (AvgIpc) is 2.80. The number of carbonyl (C=O) groups excluding carboxylic acids is 2. The van der Waals surface area contributed by atoms with Crippen LogP contribution in [-0.4, -0.2) is 42.9 Å². The maximum absolute atomic E-state index is 12.7. The number of rotatable bonds is 5. The van der Waals surface area contributed by atoms with E-state index in [9.17, 15) is 9.59 Å². The number of benzene rings is 3. The summed E-state index contributed by atoms with van der Waals surface area (Å²) in [6.45, 7) is 5.07. The lowest BCUT2D eigenvalue weighted by Crippen LogP contribution is -2.49. The van der Waals surface area contributed by atoms with E-state index in [2.05, 4.69) is 32.2 Å². The molecule has 2 amide bonds. The summed E-state index contributed by atoms with van der Waals surface area (Å²) in [5.41, 5.74) is 4.71. The molecular formula is C26H26BrN3O2. The zero-order chi connectivity index (χ0) is 22.5. The van der Waals surface area contributed by atoms with E-state index in [0.29, 0.717) is 25.1 Å². The quantitative estimate of drug-likeness (QED) is 0.551. The summed E-state index contributed by atoms with van der Waals surface area (Å²) in [6.07, 6.45) is 0.453. The fourth-order valence-corrected chi connectivity index (χ4v) is 4.15. The molecule has 3 aromatic carbocycles. The monoisotopic (exact) mass is 491 g/mol. The van der Waals surface area contributed by atoms with E-state index >= 15 is 0 Å². The normalized spacial score (nSPS) is 13.7. The Balaban J connectivity index is 1.29. The summed E-state index contributed by atoms with van der Waals surface area (Å²) in [5.74, 6) is 0.0484. The Bertz CT molecular complexity index is 1090. The lowest BCUT2D eigenvalue weighted by molar-refractivity contribution is -0.130. The van der Waals surface area contributed by atoms with Gasteiger partial charge in [0.1, 0.15) is 0 Å². The topological polar surface area (TPSA) is 52.7 Å². The lowest BCUT2D eigenvalue weighted by atomic mass is 10.1. The molecule has 0 aromatic heterocycles. The molecule has 0 unspecified atom stereocenters. The molecule has 1 aliphatic heterocycles. The second kappa shape index (κ2) is 10.0. The third-order valence-electron chi connectivity index (χ3n) is 5.67. The Hall–Kier alpha value is -3.12. The molecule has 4 rings (SSSR count). The molecular weight excluding hydrogens is 466 g/mol. The standard InChI is InChI=1S/C26H26BrN3O2/c1-19-3-2-4-20(17-19)18-25(31)30-15-13-29(14-16-30)24-11-9-23(10-12-24)28-26(32)21-5-7-22(27)8-6-21/h2-12,17H,13-16,18H2,1H3,(H,28,32). The van der Waals surface area contributed by atoms with Gasteiger partial charge in [-0.05, 0) is 61.0 Å². The van der Waals surface area contributed by atoms with Gasteiger partial charge in [-0.15, -0.1) is 0 Å². The molecule has 1 fully saturated rings. The second-order valence-electron chi connectivity index (χ2n) is 8.04. The van der Waals surface area contributed by atoms with Crippen molar-refractivity contribution in [2.24, 2.45) is 0 Å². The number of hydrogen-bond donors (Lipinski definition) is 1. The Morgan fingerprint density at radius 1 is 0.906 bits per heavy atom. The number of aryl methyl sites for hydroxylation is 1. The molecule has 32 heavy (non-hydrogen) atoms. The van der Waals surface area contributed by atoms with Gasteiger partial charge in [0.15, 0.2) is 0 Å². The van der Waals surface area contributed by atoms with E-state index in [1.165, 1.54) is 5.56 Å². The number of anilines is 2. The highest BCUT2D eigenvalue weighted by Gasteiger charge is 2.21. The molecule has 0 atom stereocenters. The predicted molar refractivity (Wildman–Crippen MR) is 132 cm³/mol. The number of halogens is 1. The van der Waals surface area contributed by atoms with Crippen LogP contribution in [0.1, 0.15) is 21.5 Å². The first-order valence-corrected chi connectivity index (χ1v) is 11.5. The van der Waals surface area contributed by atoms with E-state index in [4.69, 9.17) is 0 Å². The summed E-state index contributed by atoms with van der Waals surface area (Å²) in [4.78, 5) is 29.3. The third kappa shape index (κ3) is 5.56. The van der Waals surface area contributed by atoms with Gasteiger partial charge < -0.3 is 15.1 Å². The van der Waals surface area contributed by atoms with Crippen molar-refractivity contribution in [2.75, 3.05) is 36.4 Å². The Labute approximate surface area is 197 Å². The van der Waals surface area contributed by atoms with E-state index in [0.717, 1.165) is 34.5 Å². The maximum Gasteiger partial charge on any atom is 0.255 e. The smallest absolute Gasteiger partial charge is 0.255 e. The maximum atomic E-state index is 12.7. The van der Waals surface area contributed by atoms with Crippen LogP contribution in [0.4, 0.5) is 11.4 Å². The van der Waals surface area contributed by atoms with Gasteiger partial charge in [-0.3, -0.25) is 9.59 Å². The van der Waals surface area contributed by atoms with Gasteiger partial charge in [0.25, 0.3) is 5.91 Å². The van der Waals surface area contributed by atoms with Crippen molar-refractivity contribution in [3.05, 3.63) is 94.0 Å². The molecule has 164 valence electrons. The van der Waals surface area contributed by atoms with Crippen LogP contribution < -0.4 is 10.2 Å². The summed E-state index contributed by atoms with van der Waals surface area (Å²) in [7, 11) is 0. The molecule has 0 spiro atoms. The number of carbonyl (C=O) groups is 2. The fraction of sp³-hybridized carbons (Fsp3) is 0.231. The van der Waals surface area contributed by atoms with Crippen LogP contribution in [0, 0.1) is 6.92 Å². The van der Waals surface area contributed by atoms with Crippen LogP contribution in [0.5, 0.6) is 0 Å². The van der Waals surface area contributed by atoms with Gasteiger partial charge >= 0.3 is 0 Å². The molecule has 1 aliphatic rings. The Kier molecular flexibility index (Phi) is 6.90. The van der Waals surface area contributed by atoms with E-state index in [1.807, 2.05) is 66.4 Å².